The second-order valence-corrected chi connectivity index (χ2v) is 4.64. The van der Waals surface area contributed by atoms with E-state index in [9.17, 15) is 4.39 Å². The van der Waals surface area contributed by atoms with E-state index in [0.29, 0.717) is 24.3 Å². The van der Waals surface area contributed by atoms with Gasteiger partial charge in [-0.1, -0.05) is 19.1 Å². The molecule has 0 saturated heterocycles. The Morgan fingerprint density at radius 2 is 2.18 bits per heavy atom. The van der Waals surface area contributed by atoms with Crippen LogP contribution >= 0.6 is 0 Å². The van der Waals surface area contributed by atoms with Crippen LogP contribution in [0.1, 0.15) is 26.2 Å². The van der Waals surface area contributed by atoms with Gasteiger partial charge in [-0.3, -0.25) is 0 Å². The molecule has 2 rings (SSSR count). The monoisotopic (exact) mass is 237 g/mol. The van der Waals surface area contributed by atoms with E-state index < -0.39 is 0 Å². The third-order valence-corrected chi connectivity index (χ3v) is 3.10. The minimum atomic E-state index is -0.280. The largest absolute Gasteiger partial charge is 0.489 e. The predicted molar refractivity (Wildman–Crippen MR) is 66.7 cm³/mol. The van der Waals surface area contributed by atoms with Gasteiger partial charge >= 0.3 is 0 Å². The zero-order valence-corrected chi connectivity index (χ0v) is 10.3. The first-order valence-corrected chi connectivity index (χ1v) is 6.42. The van der Waals surface area contributed by atoms with Crippen LogP contribution in [0.25, 0.3) is 0 Å². The van der Waals surface area contributed by atoms with E-state index >= 15 is 0 Å². The summed E-state index contributed by atoms with van der Waals surface area (Å²) in [5.74, 6) is 0.794. The molecule has 17 heavy (non-hydrogen) atoms. The molecular formula is C14H20FNO. The number of benzene rings is 1. The van der Waals surface area contributed by atoms with E-state index in [2.05, 4.69) is 12.2 Å². The minimum Gasteiger partial charge on any atom is -0.489 e. The van der Waals surface area contributed by atoms with Crippen LogP contribution in [0, 0.1) is 11.7 Å². The summed E-state index contributed by atoms with van der Waals surface area (Å²) in [7, 11) is 0. The number of rotatable bonds is 7. The average molecular weight is 237 g/mol. The summed E-state index contributed by atoms with van der Waals surface area (Å²) in [5.41, 5.74) is 0. The Morgan fingerprint density at radius 3 is 2.82 bits per heavy atom. The lowest BCUT2D eigenvalue weighted by molar-refractivity contribution is 0.240. The van der Waals surface area contributed by atoms with Crippen LogP contribution in [-0.4, -0.2) is 19.2 Å². The van der Waals surface area contributed by atoms with Crippen molar-refractivity contribution in [1.29, 1.82) is 0 Å². The van der Waals surface area contributed by atoms with Gasteiger partial charge in [-0.15, -0.1) is 0 Å². The maximum Gasteiger partial charge on any atom is 0.165 e. The van der Waals surface area contributed by atoms with E-state index in [4.69, 9.17) is 4.74 Å². The third kappa shape index (κ3) is 3.70. The smallest absolute Gasteiger partial charge is 0.165 e. The molecule has 1 aromatic carbocycles. The van der Waals surface area contributed by atoms with Gasteiger partial charge in [0, 0.05) is 6.04 Å². The fraction of sp³-hybridized carbons (Fsp3) is 0.571. The first kappa shape index (κ1) is 12.4. The standard InChI is InChI=1S/C14H20FNO/c1-2-9-16-13(11-7-8-11)10-17-14-6-4-3-5-12(14)15/h3-6,11,13,16H,2,7-10H2,1H3. The second kappa shape index (κ2) is 6.01. The molecule has 2 nitrogen and oxygen atoms in total. The number of halogens is 1. The summed E-state index contributed by atoms with van der Waals surface area (Å²) in [6.07, 6.45) is 3.65. The van der Waals surface area contributed by atoms with E-state index in [1.54, 1.807) is 18.2 Å². The maximum absolute atomic E-state index is 13.4. The van der Waals surface area contributed by atoms with Crippen LogP contribution in [-0.2, 0) is 0 Å². The van der Waals surface area contributed by atoms with Crippen molar-refractivity contribution in [3.05, 3.63) is 30.1 Å². The van der Waals surface area contributed by atoms with Crippen molar-refractivity contribution < 1.29 is 9.13 Å². The zero-order chi connectivity index (χ0) is 12.1. The van der Waals surface area contributed by atoms with Crippen molar-refractivity contribution >= 4 is 0 Å². The van der Waals surface area contributed by atoms with Crippen molar-refractivity contribution in [1.82, 2.24) is 5.32 Å². The van der Waals surface area contributed by atoms with Gasteiger partial charge in [0.05, 0.1) is 0 Å². The van der Waals surface area contributed by atoms with Crippen molar-refractivity contribution in [3.63, 3.8) is 0 Å². The predicted octanol–water partition coefficient (Wildman–Crippen LogP) is 2.98. The molecule has 1 N–H and O–H groups in total. The Morgan fingerprint density at radius 1 is 1.41 bits per heavy atom. The highest BCUT2D eigenvalue weighted by Crippen LogP contribution is 2.33. The topological polar surface area (TPSA) is 21.3 Å². The number of ether oxygens (including phenoxy) is 1. The lowest BCUT2D eigenvalue weighted by Crippen LogP contribution is -2.37. The summed E-state index contributed by atoms with van der Waals surface area (Å²) < 4.78 is 18.9. The van der Waals surface area contributed by atoms with E-state index in [1.807, 2.05) is 0 Å². The first-order chi connectivity index (χ1) is 8.31. The Bertz CT molecular complexity index is 352. The van der Waals surface area contributed by atoms with Crippen molar-refractivity contribution in [2.45, 2.75) is 32.2 Å². The highest BCUT2D eigenvalue weighted by atomic mass is 19.1. The molecule has 0 bridgehead atoms. The molecule has 0 heterocycles. The van der Waals surface area contributed by atoms with Crippen LogP contribution < -0.4 is 10.1 Å². The fourth-order valence-electron chi connectivity index (χ4n) is 1.93. The van der Waals surface area contributed by atoms with Crippen LogP contribution in [0.3, 0.4) is 0 Å². The Labute approximate surface area is 102 Å². The molecule has 0 aromatic heterocycles. The first-order valence-electron chi connectivity index (χ1n) is 6.42. The molecule has 0 amide bonds. The minimum absolute atomic E-state index is 0.280. The highest BCUT2D eigenvalue weighted by Gasteiger charge is 2.31. The van der Waals surface area contributed by atoms with Crippen LogP contribution in [0.4, 0.5) is 4.39 Å². The Balaban J connectivity index is 1.84. The molecule has 1 fully saturated rings. The van der Waals surface area contributed by atoms with Gasteiger partial charge in [-0.25, -0.2) is 4.39 Å². The molecule has 1 aromatic rings. The average Bonchev–Trinajstić information content (AvgIpc) is 3.15. The normalized spacial score (nSPS) is 16.8. The summed E-state index contributed by atoms with van der Waals surface area (Å²) >= 11 is 0. The Kier molecular flexibility index (Phi) is 4.37. The molecule has 94 valence electrons. The summed E-state index contributed by atoms with van der Waals surface area (Å²) in [4.78, 5) is 0. The lowest BCUT2D eigenvalue weighted by atomic mass is 10.2. The molecular weight excluding hydrogens is 217 g/mol. The quantitative estimate of drug-likeness (QED) is 0.787. The number of hydrogen-bond acceptors (Lipinski definition) is 2. The molecule has 1 aliphatic carbocycles. The van der Waals surface area contributed by atoms with Gasteiger partial charge in [0.15, 0.2) is 11.6 Å². The molecule has 1 saturated carbocycles. The number of hydrogen-bond donors (Lipinski definition) is 1. The van der Waals surface area contributed by atoms with Gasteiger partial charge in [0.2, 0.25) is 0 Å². The molecule has 3 heteroatoms. The van der Waals surface area contributed by atoms with Crippen molar-refractivity contribution in [2.75, 3.05) is 13.2 Å². The molecule has 0 aliphatic heterocycles. The van der Waals surface area contributed by atoms with E-state index in [-0.39, 0.29) is 5.82 Å². The van der Waals surface area contributed by atoms with Crippen molar-refractivity contribution in [3.8, 4) is 5.75 Å². The summed E-state index contributed by atoms with van der Waals surface area (Å²) in [5, 5.41) is 3.47. The molecule has 1 atom stereocenters. The molecule has 0 spiro atoms. The SMILES string of the molecule is CCCNC(COc1ccccc1F)C1CC1. The fourth-order valence-corrected chi connectivity index (χ4v) is 1.93. The second-order valence-electron chi connectivity index (χ2n) is 4.64. The number of nitrogens with one attached hydrogen (secondary N) is 1. The van der Waals surface area contributed by atoms with Gasteiger partial charge in [-0.2, -0.15) is 0 Å². The van der Waals surface area contributed by atoms with Gasteiger partial charge < -0.3 is 10.1 Å². The summed E-state index contributed by atoms with van der Waals surface area (Å²) in [6, 6.07) is 6.95. The van der Waals surface area contributed by atoms with Gasteiger partial charge in [0.1, 0.15) is 6.61 Å². The zero-order valence-electron chi connectivity index (χ0n) is 10.3. The Hall–Kier alpha value is -1.09. The third-order valence-electron chi connectivity index (χ3n) is 3.10. The van der Waals surface area contributed by atoms with Crippen LogP contribution in [0.5, 0.6) is 5.75 Å². The summed E-state index contributed by atoms with van der Waals surface area (Å²) in [6.45, 7) is 3.71. The molecule has 1 aliphatic rings. The highest BCUT2D eigenvalue weighted by molar-refractivity contribution is 5.23. The lowest BCUT2D eigenvalue weighted by Gasteiger charge is -2.18. The van der Waals surface area contributed by atoms with Crippen molar-refractivity contribution in [2.24, 2.45) is 5.92 Å². The number of para-hydroxylation sites is 1. The van der Waals surface area contributed by atoms with Gasteiger partial charge in [0.25, 0.3) is 0 Å². The van der Waals surface area contributed by atoms with E-state index in [1.165, 1.54) is 18.9 Å². The molecule has 0 radical (unpaired) electrons. The van der Waals surface area contributed by atoms with E-state index in [0.717, 1.165) is 13.0 Å². The molecule has 1 unspecified atom stereocenters. The van der Waals surface area contributed by atoms with Crippen LogP contribution in [0.15, 0.2) is 24.3 Å². The van der Waals surface area contributed by atoms with Gasteiger partial charge in [-0.05, 0) is 43.9 Å². The maximum atomic E-state index is 13.4. The van der Waals surface area contributed by atoms with Crippen LogP contribution in [0.2, 0.25) is 0 Å².